The molecule has 0 aromatic heterocycles. The lowest BCUT2D eigenvalue weighted by atomic mass is 10.00. The van der Waals surface area contributed by atoms with E-state index in [1.165, 1.54) is 0 Å². The van der Waals surface area contributed by atoms with Crippen LogP contribution in [0.3, 0.4) is 0 Å². The highest BCUT2D eigenvalue weighted by Gasteiger charge is 2.12. The van der Waals surface area contributed by atoms with Gasteiger partial charge in [0, 0.05) is 23.6 Å². The number of nitrogens with zero attached hydrogens (tertiary/aromatic N) is 2. The lowest BCUT2D eigenvalue weighted by molar-refractivity contribution is 0.240. The number of hydrogen-bond donors (Lipinski definition) is 4. The molecule has 0 radical (unpaired) electrons. The molecule has 4 N–H and O–H groups in total. The summed E-state index contributed by atoms with van der Waals surface area (Å²) >= 11 is 0. The van der Waals surface area contributed by atoms with Crippen LogP contribution in [0.15, 0.2) is 46.4 Å². The first kappa shape index (κ1) is 23.6. The number of phenols is 2. The SMILES string of the molecule is CC(C)[C@@H](CO)N=Cc1cc(-c2ccc(O)c(C=N[C@H](CO)C(C)C)c2)ccc1O. The molecule has 2 atom stereocenters. The second kappa shape index (κ2) is 10.9. The Morgan fingerprint density at radius 2 is 1.07 bits per heavy atom. The van der Waals surface area contributed by atoms with E-state index in [4.69, 9.17) is 0 Å². The topological polar surface area (TPSA) is 106 Å². The van der Waals surface area contributed by atoms with Gasteiger partial charge in [-0.25, -0.2) is 0 Å². The van der Waals surface area contributed by atoms with Crippen LogP contribution in [-0.4, -0.2) is 58.2 Å². The molecule has 162 valence electrons. The second-order valence-corrected chi connectivity index (χ2v) is 8.09. The van der Waals surface area contributed by atoms with Crippen LogP contribution in [0, 0.1) is 11.8 Å². The Balaban J connectivity index is 2.36. The third-order valence-corrected chi connectivity index (χ3v) is 5.11. The third-order valence-electron chi connectivity index (χ3n) is 5.11. The van der Waals surface area contributed by atoms with Gasteiger partial charge in [0.15, 0.2) is 0 Å². The Kier molecular flexibility index (Phi) is 8.57. The van der Waals surface area contributed by atoms with Crippen molar-refractivity contribution in [1.82, 2.24) is 0 Å². The van der Waals surface area contributed by atoms with E-state index in [2.05, 4.69) is 9.98 Å². The molecule has 0 bridgehead atoms. The maximum absolute atomic E-state index is 10.2. The average molecular weight is 413 g/mol. The molecule has 0 aliphatic rings. The van der Waals surface area contributed by atoms with Crippen LogP contribution in [-0.2, 0) is 0 Å². The van der Waals surface area contributed by atoms with Gasteiger partial charge in [-0.05, 0) is 47.2 Å². The van der Waals surface area contributed by atoms with Crippen LogP contribution in [0.25, 0.3) is 11.1 Å². The van der Waals surface area contributed by atoms with Crippen LogP contribution in [0.4, 0.5) is 0 Å². The molecule has 0 saturated carbocycles. The minimum Gasteiger partial charge on any atom is -0.507 e. The van der Waals surface area contributed by atoms with E-state index in [1.807, 2.05) is 39.8 Å². The summed E-state index contributed by atoms with van der Waals surface area (Å²) in [6.07, 6.45) is 3.16. The molecular weight excluding hydrogens is 380 g/mol. The molecule has 0 heterocycles. The molecule has 2 aromatic rings. The number of aliphatic hydroxyl groups is 2. The van der Waals surface area contributed by atoms with Gasteiger partial charge in [0.2, 0.25) is 0 Å². The molecule has 30 heavy (non-hydrogen) atoms. The molecule has 0 saturated heterocycles. The van der Waals surface area contributed by atoms with Gasteiger partial charge in [0.05, 0.1) is 25.3 Å². The first-order valence-corrected chi connectivity index (χ1v) is 10.2. The monoisotopic (exact) mass is 412 g/mol. The fraction of sp³-hybridized carbons (Fsp3) is 0.417. The van der Waals surface area contributed by atoms with Gasteiger partial charge >= 0.3 is 0 Å². The minimum atomic E-state index is -0.232. The standard InChI is InChI=1S/C24H32N2O4/c1-15(2)21(13-27)25-11-19-9-17(5-7-23(19)29)18-6-8-24(30)20(10-18)12-26-22(14-28)16(3)4/h5-12,15-16,21-22,27-30H,13-14H2,1-4H3/t21-,22-/m1/s1. The summed E-state index contributed by atoms with van der Waals surface area (Å²) in [4.78, 5) is 8.79. The maximum Gasteiger partial charge on any atom is 0.124 e. The number of aliphatic imine (C=N–C) groups is 2. The van der Waals surface area contributed by atoms with Crippen molar-refractivity contribution in [3.05, 3.63) is 47.5 Å². The van der Waals surface area contributed by atoms with E-state index < -0.39 is 0 Å². The van der Waals surface area contributed by atoms with Gasteiger partial charge in [-0.1, -0.05) is 39.8 Å². The van der Waals surface area contributed by atoms with Crippen molar-refractivity contribution in [1.29, 1.82) is 0 Å². The highest BCUT2D eigenvalue weighted by atomic mass is 16.3. The van der Waals surface area contributed by atoms with Gasteiger partial charge in [0.25, 0.3) is 0 Å². The summed E-state index contributed by atoms with van der Waals surface area (Å²) in [5.74, 6) is 0.575. The van der Waals surface area contributed by atoms with Crippen LogP contribution in [0.2, 0.25) is 0 Å². The smallest absolute Gasteiger partial charge is 0.124 e. The number of aliphatic hydroxyl groups excluding tert-OH is 2. The summed E-state index contributed by atoms with van der Waals surface area (Å²) < 4.78 is 0. The molecule has 2 rings (SSSR count). The third kappa shape index (κ3) is 6.15. The second-order valence-electron chi connectivity index (χ2n) is 8.09. The van der Waals surface area contributed by atoms with Gasteiger partial charge < -0.3 is 20.4 Å². The quantitative estimate of drug-likeness (QED) is 0.472. The minimum absolute atomic E-state index is 0.0551. The van der Waals surface area contributed by atoms with Crippen molar-refractivity contribution < 1.29 is 20.4 Å². The number of rotatable bonds is 9. The number of benzene rings is 2. The van der Waals surface area contributed by atoms with Crippen LogP contribution in [0.1, 0.15) is 38.8 Å². The number of aromatic hydroxyl groups is 2. The summed E-state index contributed by atoms with van der Waals surface area (Å²) in [7, 11) is 0. The highest BCUT2D eigenvalue weighted by Crippen LogP contribution is 2.28. The predicted octanol–water partition coefficient (Wildman–Crippen LogP) is 3.64. The molecule has 0 fully saturated rings. The van der Waals surface area contributed by atoms with Gasteiger partial charge in [0.1, 0.15) is 11.5 Å². The molecule has 0 aliphatic carbocycles. The van der Waals surface area contributed by atoms with E-state index in [0.29, 0.717) is 11.1 Å². The Morgan fingerprint density at radius 1 is 0.700 bits per heavy atom. The summed E-state index contributed by atoms with van der Waals surface area (Å²) in [5.41, 5.74) is 2.79. The Labute approximate surface area is 178 Å². The molecule has 0 unspecified atom stereocenters. The maximum atomic E-state index is 10.2. The normalized spacial score (nSPS) is 14.3. The fourth-order valence-electron chi connectivity index (χ4n) is 2.89. The van der Waals surface area contributed by atoms with Gasteiger partial charge in [-0.3, -0.25) is 9.98 Å². The Morgan fingerprint density at radius 3 is 1.37 bits per heavy atom. The highest BCUT2D eigenvalue weighted by molar-refractivity contribution is 5.89. The largest absolute Gasteiger partial charge is 0.507 e. The first-order chi connectivity index (χ1) is 14.3. The molecule has 2 aromatic carbocycles. The van der Waals surface area contributed by atoms with Gasteiger partial charge in [-0.2, -0.15) is 0 Å². The van der Waals surface area contributed by atoms with Crippen molar-refractivity contribution >= 4 is 12.4 Å². The first-order valence-electron chi connectivity index (χ1n) is 10.2. The van der Waals surface area contributed by atoms with E-state index >= 15 is 0 Å². The van der Waals surface area contributed by atoms with E-state index in [0.717, 1.165) is 11.1 Å². The van der Waals surface area contributed by atoms with Crippen molar-refractivity contribution in [3.8, 4) is 22.6 Å². The summed E-state index contributed by atoms with van der Waals surface area (Å²) in [6.45, 7) is 7.81. The van der Waals surface area contributed by atoms with Crippen LogP contribution >= 0.6 is 0 Å². The lowest BCUT2D eigenvalue weighted by Gasteiger charge is -2.13. The van der Waals surface area contributed by atoms with Crippen LogP contribution in [0.5, 0.6) is 11.5 Å². The average Bonchev–Trinajstić information content (AvgIpc) is 2.71. The van der Waals surface area contributed by atoms with Crippen molar-refractivity contribution in [2.75, 3.05) is 13.2 Å². The van der Waals surface area contributed by atoms with E-state index in [9.17, 15) is 20.4 Å². The molecular formula is C24H32N2O4. The van der Waals surface area contributed by atoms with Crippen LogP contribution < -0.4 is 0 Å². The van der Waals surface area contributed by atoms with Crippen molar-refractivity contribution in [2.45, 2.75) is 39.8 Å². The lowest BCUT2D eigenvalue weighted by Crippen LogP contribution is -2.17. The van der Waals surface area contributed by atoms with Crippen molar-refractivity contribution in [3.63, 3.8) is 0 Å². The zero-order valence-corrected chi connectivity index (χ0v) is 18.0. The number of phenolic OH excluding ortho intramolecular Hbond substituents is 2. The van der Waals surface area contributed by atoms with Gasteiger partial charge in [-0.15, -0.1) is 0 Å². The zero-order chi connectivity index (χ0) is 22.3. The molecule has 0 aliphatic heterocycles. The number of hydrogen-bond acceptors (Lipinski definition) is 6. The Hall–Kier alpha value is -2.70. The van der Waals surface area contributed by atoms with E-state index in [-0.39, 0.29) is 48.6 Å². The van der Waals surface area contributed by atoms with Crippen molar-refractivity contribution in [2.24, 2.45) is 21.8 Å². The Bertz CT molecular complexity index is 817. The summed E-state index contributed by atoms with van der Waals surface area (Å²) in [6, 6.07) is 9.93. The molecule has 6 nitrogen and oxygen atoms in total. The molecule has 0 amide bonds. The van der Waals surface area contributed by atoms with E-state index in [1.54, 1.807) is 36.7 Å². The summed E-state index contributed by atoms with van der Waals surface area (Å²) in [5, 5.41) is 39.3. The molecule has 6 heteroatoms. The predicted molar refractivity (Wildman–Crippen MR) is 122 cm³/mol. The molecule has 0 spiro atoms. The zero-order valence-electron chi connectivity index (χ0n) is 18.0. The fourth-order valence-corrected chi connectivity index (χ4v) is 2.89.